The average Bonchev–Trinajstić information content (AvgIpc) is 2.62. The third-order valence-electron chi connectivity index (χ3n) is 3.62. The minimum Gasteiger partial charge on any atom is -0.350 e. The van der Waals surface area contributed by atoms with Crippen LogP contribution in [0, 0.1) is 6.92 Å². The lowest BCUT2D eigenvalue weighted by atomic mass is 10.1. The van der Waals surface area contributed by atoms with Crippen LogP contribution in [0.4, 0.5) is 0 Å². The first kappa shape index (κ1) is 12.7. The first-order valence-corrected chi connectivity index (χ1v) is 6.41. The number of para-hydroxylation sites is 1. The maximum atomic E-state index is 12.3. The zero-order valence-corrected chi connectivity index (χ0v) is 11.4. The van der Waals surface area contributed by atoms with Crippen LogP contribution >= 0.6 is 0 Å². The molecule has 2 rings (SSSR count). The predicted octanol–water partition coefficient (Wildman–Crippen LogP) is 3.02. The molecule has 3 nitrogen and oxygen atoms in total. The van der Waals surface area contributed by atoms with Crippen LogP contribution in [0.2, 0.25) is 0 Å². The molecule has 2 aromatic rings. The number of hydrogen-bond acceptors (Lipinski definition) is 1. The van der Waals surface area contributed by atoms with E-state index in [1.165, 1.54) is 0 Å². The summed E-state index contributed by atoms with van der Waals surface area (Å²) in [5.74, 6) is 0.0265. The Morgan fingerprint density at radius 3 is 2.72 bits per heavy atom. The van der Waals surface area contributed by atoms with Gasteiger partial charge in [0.2, 0.25) is 0 Å². The predicted molar refractivity (Wildman–Crippen MR) is 74.9 cm³/mol. The van der Waals surface area contributed by atoms with Crippen molar-refractivity contribution in [2.45, 2.75) is 33.2 Å². The summed E-state index contributed by atoms with van der Waals surface area (Å²) < 4.78 is 2.07. The second kappa shape index (κ2) is 4.84. The Hall–Kier alpha value is -1.77. The number of aromatic nitrogens is 1. The summed E-state index contributed by atoms with van der Waals surface area (Å²) >= 11 is 0. The molecule has 0 fully saturated rings. The van der Waals surface area contributed by atoms with Gasteiger partial charge in [-0.2, -0.15) is 0 Å². The number of nitrogens with zero attached hydrogens (tertiary/aromatic N) is 1. The highest BCUT2D eigenvalue weighted by Crippen LogP contribution is 2.24. The van der Waals surface area contributed by atoms with Gasteiger partial charge >= 0.3 is 0 Å². The van der Waals surface area contributed by atoms with Crippen LogP contribution in [0.3, 0.4) is 0 Å². The molecule has 1 N–H and O–H groups in total. The van der Waals surface area contributed by atoms with Crippen molar-refractivity contribution in [2.24, 2.45) is 7.05 Å². The minimum absolute atomic E-state index is 0.0265. The number of benzene rings is 1. The van der Waals surface area contributed by atoms with Crippen molar-refractivity contribution in [1.82, 2.24) is 9.88 Å². The van der Waals surface area contributed by atoms with E-state index in [4.69, 9.17) is 0 Å². The zero-order valence-electron chi connectivity index (χ0n) is 11.4. The smallest absolute Gasteiger partial charge is 0.253 e. The van der Waals surface area contributed by atoms with E-state index >= 15 is 0 Å². The van der Waals surface area contributed by atoms with Crippen molar-refractivity contribution in [3.63, 3.8) is 0 Å². The molecule has 0 saturated carbocycles. The van der Waals surface area contributed by atoms with E-state index in [0.29, 0.717) is 0 Å². The molecule has 1 aromatic carbocycles. The molecule has 0 radical (unpaired) electrons. The normalized spacial score (nSPS) is 12.7. The van der Waals surface area contributed by atoms with E-state index in [9.17, 15) is 4.79 Å². The Balaban J connectivity index is 2.50. The van der Waals surface area contributed by atoms with E-state index in [1.807, 2.05) is 45.2 Å². The van der Waals surface area contributed by atoms with Crippen molar-refractivity contribution >= 4 is 16.8 Å². The summed E-state index contributed by atoms with van der Waals surface area (Å²) in [4.78, 5) is 12.3. The van der Waals surface area contributed by atoms with Crippen LogP contribution in [-0.2, 0) is 7.05 Å². The molecule has 0 aliphatic carbocycles. The van der Waals surface area contributed by atoms with Gasteiger partial charge in [-0.3, -0.25) is 4.79 Å². The highest BCUT2D eigenvalue weighted by atomic mass is 16.1. The lowest BCUT2D eigenvalue weighted by Crippen LogP contribution is -2.32. The molecule has 3 heteroatoms. The molecular weight excluding hydrogens is 224 g/mol. The fourth-order valence-corrected chi connectivity index (χ4v) is 2.21. The molecule has 0 saturated heterocycles. The van der Waals surface area contributed by atoms with Crippen molar-refractivity contribution in [3.8, 4) is 0 Å². The third-order valence-corrected chi connectivity index (χ3v) is 3.62. The molecule has 0 spiro atoms. The standard InChI is InChI=1S/C15H20N2O/c1-5-10(2)16-15(18)14-11(3)17(4)13-9-7-6-8-12(13)14/h6-10H,5H2,1-4H3,(H,16,18). The summed E-state index contributed by atoms with van der Waals surface area (Å²) in [7, 11) is 2.00. The zero-order chi connectivity index (χ0) is 13.3. The second-order valence-corrected chi connectivity index (χ2v) is 4.82. The first-order valence-electron chi connectivity index (χ1n) is 6.41. The third kappa shape index (κ3) is 2.01. The molecule has 18 heavy (non-hydrogen) atoms. The molecule has 0 bridgehead atoms. The first-order chi connectivity index (χ1) is 8.56. The Morgan fingerprint density at radius 2 is 2.06 bits per heavy atom. The van der Waals surface area contributed by atoms with Crippen LogP contribution in [0.15, 0.2) is 24.3 Å². The lowest BCUT2D eigenvalue weighted by molar-refractivity contribution is 0.0940. The number of fused-ring (bicyclic) bond motifs is 1. The average molecular weight is 244 g/mol. The van der Waals surface area contributed by atoms with E-state index in [0.717, 1.165) is 28.6 Å². The SMILES string of the molecule is CCC(C)NC(=O)c1c(C)n(C)c2ccccc12. The van der Waals surface area contributed by atoms with Gasteiger partial charge in [-0.25, -0.2) is 0 Å². The van der Waals surface area contributed by atoms with Gasteiger partial charge in [0.05, 0.1) is 5.56 Å². The van der Waals surface area contributed by atoms with E-state index in [2.05, 4.69) is 16.8 Å². The Morgan fingerprint density at radius 1 is 1.39 bits per heavy atom. The number of hydrogen-bond donors (Lipinski definition) is 1. The van der Waals surface area contributed by atoms with Crippen LogP contribution in [-0.4, -0.2) is 16.5 Å². The van der Waals surface area contributed by atoms with Crippen molar-refractivity contribution in [1.29, 1.82) is 0 Å². The van der Waals surface area contributed by atoms with Gasteiger partial charge in [0.1, 0.15) is 0 Å². The number of nitrogens with one attached hydrogen (secondary N) is 1. The second-order valence-electron chi connectivity index (χ2n) is 4.82. The maximum Gasteiger partial charge on any atom is 0.253 e. The van der Waals surface area contributed by atoms with Crippen molar-refractivity contribution in [3.05, 3.63) is 35.5 Å². The quantitative estimate of drug-likeness (QED) is 0.884. The molecule has 0 aliphatic heterocycles. The van der Waals surface area contributed by atoms with Gasteiger partial charge in [0.25, 0.3) is 5.91 Å². The number of rotatable bonds is 3. The van der Waals surface area contributed by atoms with Gasteiger partial charge in [-0.15, -0.1) is 0 Å². The molecular formula is C15H20N2O. The fraction of sp³-hybridized carbons (Fsp3) is 0.400. The van der Waals surface area contributed by atoms with Gasteiger partial charge in [-0.1, -0.05) is 25.1 Å². The highest BCUT2D eigenvalue weighted by molar-refractivity contribution is 6.08. The van der Waals surface area contributed by atoms with Crippen LogP contribution in [0.5, 0.6) is 0 Å². The topological polar surface area (TPSA) is 34.0 Å². The van der Waals surface area contributed by atoms with E-state index < -0.39 is 0 Å². The molecule has 96 valence electrons. The summed E-state index contributed by atoms with van der Waals surface area (Å²) in [6.07, 6.45) is 0.940. The van der Waals surface area contributed by atoms with E-state index in [-0.39, 0.29) is 11.9 Å². The molecule has 1 unspecified atom stereocenters. The summed E-state index contributed by atoms with van der Waals surface area (Å²) in [6, 6.07) is 8.23. The molecule has 1 heterocycles. The highest BCUT2D eigenvalue weighted by Gasteiger charge is 2.18. The van der Waals surface area contributed by atoms with Crippen LogP contribution in [0.25, 0.3) is 10.9 Å². The fourth-order valence-electron chi connectivity index (χ4n) is 2.21. The van der Waals surface area contributed by atoms with Gasteiger partial charge in [-0.05, 0) is 26.3 Å². The Labute approximate surface area is 108 Å². The molecule has 1 amide bonds. The monoisotopic (exact) mass is 244 g/mol. The maximum absolute atomic E-state index is 12.3. The number of carbonyl (C=O) groups is 1. The number of aryl methyl sites for hydroxylation is 1. The van der Waals surface area contributed by atoms with Gasteiger partial charge < -0.3 is 9.88 Å². The van der Waals surface area contributed by atoms with Gasteiger partial charge in [0.15, 0.2) is 0 Å². The molecule has 1 aromatic heterocycles. The Bertz CT molecular complexity index is 583. The molecule has 1 atom stereocenters. The Kier molecular flexibility index (Phi) is 3.41. The number of amides is 1. The lowest BCUT2D eigenvalue weighted by Gasteiger charge is -2.11. The summed E-state index contributed by atoms with van der Waals surface area (Å²) in [5.41, 5.74) is 2.91. The van der Waals surface area contributed by atoms with E-state index in [1.54, 1.807) is 0 Å². The van der Waals surface area contributed by atoms with Crippen LogP contribution in [0.1, 0.15) is 36.3 Å². The van der Waals surface area contributed by atoms with Gasteiger partial charge in [0, 0.05) is 29.7 Å². The summed E-state index contributed by atoms with van der Waals surface area (Å²) in [5, 5.41) is 4.07. The molecule has 0 aliphatic rings. The summed E-state index contributed by atoms with van der Waals surface area (Å²) in [6.45, 7) is 6.09. The van der Waals surface area contributed by atoms with Crippen LogP contribution < -0.4 is 5.32 Å². The van der Waals surface area contributed by atoms with Crippen molar-refractivity contribution < 1.29 is 4.79 Å². The number of carbonyl (C=O) groups excluding carboxylic acids is 1. The largest absolute Gasteiger partial charge is 0.350 e. The van der Waals surface area contributed by atoms with Crippen molar-refractivity contribution in [2.75, 3.05) is 0 Å². The minimum atomic E-state index is 0.0265.